The van der Waals surface area contributed by atoms with E-state index in [-0.39, 0.29) is 6.42 Å². The number of aromatic nitrogens is 1. The number of aliphatic carboxylic acids is 1. The molecule has 36 heavy (non-hydrogen) atoms. The molecule has 2 aromatic heterocycles. The van der Waals surface area contributed by atoms with Gasteiger partial charge in [-0.15, -0.1) is 11.8 Å². The number of nitrogens with zero attached hydrogens (tertiary/aromatic N) is 2. The molecule has 1 aliphatic heterocycles. The zero-order valence-electron chi connectivity index (χ0n) is 20.8. The first-order valence-electron chi connectivity index (χ1n) is 12.7. The van der Waals surface area contributed by atoms with E-state index in [1.165, 1.54) is 4.90 Å². The molecule has 0 saturated carbocycles. The van der Waals surface area contributed by atoms with Crippen molar-refractivity contribution >= 4 is 40.0 Å². The van der Waals surface area contributed by atoms with Crippen LogP contribution in [0.15, 0.2) is 52.2 Å². The second-order valence-electron chi connectivity index (χ2n) is 9.58. The molecule has 1 aliphatic rings. The van der Waals surface area contributed by atoms with Gasteiger partial charge in [0.05, 0.1) is 18.7 Å². The second kappa shape index (κ2) is 13.4. The molecule has 2 unspecified atom stereocenters. The number of thiophene rings is 1. The standard InChI is InChI=1S/C28H36N2O4S2/c1-34-22-5-6-26-25(17-22)24(9-12-29-26)27(31)7-3-20-10-14-30(18-21(20)4-8-28(32)33)13-2-15-36-23-11-16-35-19-23/h5-6,9,11-12,16-17,19-21,27,31H,2-4,7-8,10,13-15,18H2,1H3,(H,32,33)/t20?,21?,27-/m0/s1. The number of carbonyl (C=O) groups is 1. The minimum atomic E-state index is -0.727. The Bertz CT molecular complexity index is 1110. The summed E-state index contributed by atoms with van der Waals surface area (Å²) in [6.07, 6.45) is 5.80. The Labute approximate surface area is 221 Å². The summed E-state index contributed by atoms with van der Waals surface area (Å²) in [6, 6.07) is 9.80. The lowest BCUT2D eigenvalue weighted by Crippen LogP contribution is -2.41. The first-order valence-corrected chi connectivity index (χ1v) is 14.7. The summed E-state index contributed by atoms with van der Waals surface area (Å²) in [5.41, 5.74) is 1.72. The van der Waals surface area contributed by atoms with E-state index in [9.17, 15) is 15.0 Å². The minimum Gasteiger partial charge on any atom is -0.497 e. The van der Waals surface area contributed by atoms with E-state index in [1.807, 2.05) is 36.0 Å². The Morgan fingerprint density at radius 1 is 1.28 bits per heavy atom. The first kappa shape index (κ1) is 26.9. The summed E-state index contributed by atoms with van der Waals surface area (Å²) in [6.45, 7) is 3.05. The summed E-state index contributed by atoms with van der Waals surface area (Å²) in [5, 5.41) is 25.6. The lowest BCUT2D eigenvalue weighted by Gasteiger charge is -2.39. The second-order valence-corrected chi connectivity index (χ2v) is 11.5. The van der Waals surface area contributed by atoms with E-state index in [0.717, 1.165) is 66.9 Å². The first-order chi connectivity index (χ1) is 17.5. The van der Waals surface area contributed by atoms with Crippen LogP contribution in [-0.2, 0) is 4.79 Å². The largest absolute Gasteiger partial charge is 0.497 e. The number of rotatable bonds is 13. The third-order valence-electron chi connectivity index (χ3n) is 7.24. The van der Waals surface area contributed by atoms with Gasteiger partial charge in [0.15, 0.2) is 0 Å². The number of benzene rings is 1. The number of aliphatic hydroxyl groups excluding tert-OH is 1. The number of carboxylic acid groups (broad SMARTS) is 1. The number of ether oxygens (including phenoxy) is 1. The van der Waals surface area contributed by atoms with Crippen LogP contribution in [0.2, 0.25) is 0 Å². The summed E-state index contributed by atoms with van der Waals surface area (Å²) in [4.78, 5) is 19.6. The van der Waals surface area contributed by atoms with Gasteiger partial charge in [-0.2, -0.15) is 11.3 Å². The highest BCUT2D eigenvalue weighted by molar-refractivity contribution is 7.99. The maximum absolute atomic E-state index is 11.3. The Kier molecular flexibility index (Phi) is 10.0. The van der Waals surface area contributed by atoms with Gasteiger partial charge in [-0.25, -0.2) is 0 Å². The summed E-state index contributed by atoms with van der Waals surface area (Å²) >= 11 is 3.64. The van der Waals surface area contributed by atoms with Gasteiger partial charge < -0.3 is 19.8 Å². The van der Waals surface area contributed by atoms with E-state index in [2.05, 4.69) is 26.7 Å². The van der Waals surface area contributed by atoms with Crippen LogP contribution in [0, 0.1) is 11.8 Å². The average molecular weight is 529 g/mol. The van der Waals surface area contributed by atoms with Crippen molar-refractivity contribution < 1.29 is 19.7 Å². The number of carboxylic acids is 1. The fourth-order valence-corrected chi connectivity index (χ4v) is 6.99. The molecular formula is C28H36N2O4S2. The van der Waals surface area contributed by atoms with Crippen molar-refractivity contribution in [3.8, 4) is 5.75 Å². The molecule has 194 valence electrons. The van der Waals surface area contributed by atoms with Crippen molar-refractivity contribution in [3.63, 3.8) is 0 Å². The van der Waals surface area contributed by atoms with Gasteiger partial charge in [0.1, 0.15) is 5.75 Å². The van der Waals surface area contributed by atoms with Crippen molar-refractivity contribution in [1.29, 1.82) is 0 Å². The molecule has 8 heteroatoms. The lowest BCUT2D eigenvalue weighted by atomic mass is 9.79. The molecule has 0 aliphatic carbocycles. The van der Waals surface area contributed by atoms with Gasteiger partial charge >= 0.3 is 5.97 Å². The van der Waals surface area contributed by atoms with Crippen molar-refractivity contribution in [1.82, 2.24) is 9.88 Å². The lowest BCUT2D eigenvalue weighted by molar-refractivity contribution is -0.137. The maximum Gasteiger partial charge on any atom is 0.303 e. The molecule has 0 radical (unpaired) electrons. The summed E-state index contributed by atoms with van der Waals surface area (Å²) in [5.74, 6) is 1.90. The van der Waals surface area contributed by atoms with Crippen molar-refractivity contribution in [2.24, 2.45) is 11.8 Å². The maximum atomic E-state index is 11.3. The van der Waals surface area contributed by atoms with E-state index in [4.69, 9.17) is 4.74 Å². The highest BCUT2D eigenvalue weighted by Gasteiger charge is 2.30. The Balaban J connectivity index is 1.33. The van der Waals surface area contributed by atoms with Crippen molar-refractivity contribution in [3.05, 3.63) is 52.9 Å². The topological polar surface area (TPSA) is 82.9 Å². The molecule has 6 nitrogen and oxygen atoms in total. The van der Waals surface area contributed by atoms with Gasteiger partial charge in [0.2, 0.25) is 0 Å². The molecule has 1 fully saturated rings. The molecule has 4 rings (SSSR count). The number of likely N-dealkylation sites (tertiary alicyclic amines) is 1. The zero-order chi connectivity index (χ0) is 25.3. The number of thioether (sulfide) groups is 1. The molecule has 1 aromatic carbocycles. The minimum absolute atomic E-state index is 0.209. The average Bonchev–Trinajstić information content (AvgIpc) is 3.42. The highest BCUT2D eigenvalue weighted by Crippen LogP contribution is 2.35. The molecule has 3 aromatic rings. The summed E-state index contributed by atoms with van der Waals surface area (Å²) < 4.78 is 5.37. The van der Waals surface area contributed by atoms with Crippen LogP contribution in [0.5, 0.6) is 5.75 Å². The van der Waals surface area contributed by atoms with E-state index in [0.29, 0.717) is 24.7 Å². The van der Waals surface area contributed by atoms with Crippen LogP contribution >= 0.6 is 23.1 Å². The number of piperidine rings is 1. The smallest absolute Gasteiger partial charge is 0.303 e. The number of hydrogen-bond donors (Lipinski definition) is 2. The quantitative estimate of drug-likeness (QED) is 0.205. The van der Waals surface area contributed by atoms with E-state index >= 15 is 0 Å². The van der Waals surface area contributed by atoms with Crippen LogP contribution < -0.4 is 4.74 Å². The number of hydrogen-bond acceptors (Lipinski definition) is 7. The predicted molar refractivity (Wildman–Crippen MR) is 147 cm³/mol. The number of aliphatic hydroxyl groups is 1. The number of pyridine rings is 1. The van der Waals surface area contributed by atoms with Gasteiger partial charge in [0, 0.05) is 34.8 Å². The SMILES string of the molecule is COc1ccc2nccc([C@@H](O)CCC3CCN(CCCSc4ccsc4)CC3CCC(=O)O)c2c1. The van der Waals surface area contributed by atoms with Crippen LogP contribution in [0.4, 0.5) is 0 Å². The summed E-state index contributed by atoms with van der Waals surface area (Å²) in [7, 11) is 1.64. The zero-order valence-corrected chi connectivity index (χ0v) is 22.5. The third-order valence-corrected chi connectivity index (χ3v) is 9.15. The van der Waals surface area contributed by atoms with Gasteiger partial charge in [-0.1, -0.05) is 0 Å². The molecule has 2 N–H and O–H groups in total. The van der Waals surface area contributed by atoms with Gasteiger partial charge in [-0.05, 0) is 104 Å². The fourth-order valence-electron chi connectivity index (χ4n) is 5.28. The van der Waals surface area contributed by atoms with Crippen LogP contribution in [-0.4, -0.2) is 58.6 Å². The van der Waals surface area contributed by atoms with Crippen LogP contribution in [0.1, 0.15) is 50.2 Å². The molecular weight excluding hydrogens is 492 g/mol. The molecule has 0 amide bonds. The number of fused-ring (bicyclic) bond motifs is 1. The van der Waals surface area contributed by atoms with Crippen molar-refractivity contribution in [2.45, 2.75) is 49.5 Å². The highest BCUT2D eigenvalue weighted by atomic mass is 32.2. The van der Waals surface area contributed by atoms with Gasteiger partial charge in [-0.3, -0.25) is 9.78 Å². The molecule has 3 atom stereocenters. The molecule has 1 saturated heterocycles. The Hall–Kier alpha value is -2.13. The third kappa shape index (κ3) is 7.44. The molecule has 0 bridgehead atoms. The number of methoxy groups -OCH3 is 1. The van der Waals surface area contributed by atoms with Crippen LogP contribution in [0.25, 0.3) is 10.9 Å². The van der Waals surface area contributed by atoms with Crippen LogP contribution in [0.3, 0.4) is 0 Å². The fraction of sp³-hybridized carbons (Fsp3) is 0.500. The normalized spacial score (nSPS) is 19.4. The van der Waals surface area contributed by atoms with E-state index in [1.54, 1.807) is 24.6 Å². The van der Waals surface area contributed by atoms with E-state index < -0.39 is 12.1 Å². The molecule has 0 spiro atoms. The van der Waals surface area contributed by atoms with Gasteiger partial charge in [0.25, 0.3) is 0 Å². The van der Waals surface area contributed by atoms with Crippen molar-refractivity contribution in [2.75, 3.05) is 32.5 Å². The molecule has 3 heterocycles. The Morgan fingerprint density at radius 3 is 2.94 bits per heavy atom. The Morgan fingerprint density at radius 2 is 2.17 bits per heavy atom. The monoisotopic (exact) mass is 528 g/mol. The predicted octanol–water partition coefficient (Wildman–Crippen LogP) is 6.10.